The van der Waals surface area contributed by atoms with Gasteiger partial charge in [-0.25, -0.2) is 0 Å². The first kappa shape index (κ1) is 17.7. The molecule has 1 saturated carbocycles. The highest BCUT2D eigenvalue weighted by Crippen LogP contribution is 2.32. The molecular formula is C21H25N2O4+. The summed E-state index contributed by atoms with van der Waals surface area (Å²) in [6, 6.07) is 14.4. The predicted octanol–water partition coefficient (Wildman–Crippen LogP) is 1.29. The Morgan fingerprint density at radius 2 is 1.85 bits per heavy atom. The topological polar surface area (TPSA) is 61.2 Å². The smallest absolute Gasteiger partial charge is 0.275 e. The zero-order chi connectivity index (χ0) is 18.6. The molecule has 27 heavy (non-hydrogen) atoms. The lowest BCUT2D eigenvalue weighted by Gasteiger charge is -2.19. The number of hydrogen-bond acceptors (Lipinski definition) is 4. The Labute approximate surface area is 159 Å². The number of quaternary nitrogens is 1. The molecule has 1 aliphatic heterocycles. The first-order valence-electron chi connectivity index (χ1n) is 9.34. The van der Waals surface area contributed by atoms with E-state index in [1.165, 1.54) is 23.3 Å². The lowest BCUT2D eigenvalue weighted by Crippen LogP contribution is -3.13. The number of carbonyl (C=O) groups is 1. The quantitative estimate of drug-likeness (QED) is 0.736. The number of fused-ring (bicyclic) bond motifs is 1. The van der Waals surface area contributed by atoms with Crippen molar-refractivity contribution >= 4 is 5.91 Å². The number of hydrogen-bond donors (Lipinski definition) is 2. The molecule has 142 valence electrons. The molecule has 0 radical (unpaired) electrons. The molecule has 2 aliphatic rings. The van der Waals surface area contributed by atoms with Gasteiger partial charge in [0.25, 0.3) is 5.91 Å². The molecule has 4 rings (SSSR count). The summed E-state index contributed by atoms with van der Waals surface area (Å²) in [7, 11) is 1.67. The van der Waals surface area contributed by atoms with Crippen LogP contribution in [0.15, 0.2) is 42.5 Å². The average Bonchev–Trinajstić information content (AvgIpc) is 3.44. The molecule has 0 bridgehead atoms. The van der Waals surface area contributed by atoms with Crippen LogP contribution in [0.5, 0.6) is 17.2 Å². The zero-order valence-electron chi connectivity index (χ0n) is 15.5. The van der Waals surface area contributed by atoms with Crippen molar-refractivity contribution in [2.75, 3.05) is 20.4 Å². The molecule has 0 spiro atoms. The van der Waals surface area contributed by atoms with Crippen molar-refractivity contribution in [1.82, 2.24) is 5.32 Å². The number of methoxy groups -OCH3 is 1. The van der Waals surface area contributed by atoms with E-state index in [0.29, 0.717) is 19.1 Å². The van der Waals surface area contributed by atoms with Gasteiger partial charge >= 0.3 is 0 Å². The third-order valence-electron chi connectivity index (χ3n) is 5.06. The van der Waals surface area contributed by atoms with E-state index in [2.05, 4.69) is 17.4 Å². The van der Waals surface area contributed by atoms with Crippen LogP contribution in [0.25, 0.3) is 0 Å². The summed E-state index contributed by atoms with van der Waals surface area (Å²) in [5, 5.41) is 3.03. The molecule has 6 heteroatoms. The molecule has 1 amide bonds. The lowest BCUT2D eigenvalue weighted by molar-refractivity contribution is -0.917. The molecular weight excluding hydrogens is 344 g/mol. The minimum Gasteiger partial charge on any atom is -0.497 e. The van der Waals surface area contributed by atoms with Crippen molar-refractivity contribution < 1.29 is 23.9 Å². The number of benzene rings is 2. The SMILES string of the molecule is COc1ccc(C[NH+](CC(=O)NCc2ccc3c(c2)OCO3)C2CC2)cc1. The Balaban J connectivity index is 1.31. The first-order chi connectivity index (χ1) is 13.2. The maximum absolute atomic E-state index is 12.5. The highest BCUT2D eigenvalue weighted by Gasteiger charge is 2.34. The Morgan fingerprint density at radius 3 is 2.59 bits per heavy atom. The normalized spacial score (nSPS) is 16.0. The summed E-state index contributed by atoms with van der Waals surface area (Å²) in [4.78, 5) is 13.8. The second kappa shape index (κ2) is 7.88. The van der Waals surface area contributed by atoms with Crippen LogP contribution in [0.2, 0.25) is 0 Å². The minimum atomic E-state index is 0.0723. The van der Waals surface area contributed by atoms with Gasteiger partial charge in [0.05, 0.1) is 13.2 Å². The zero-order valence-corrected chi connectivity index (χ0v) is 15.5. The molecule has 0 aromatic heterocycles. The number of ether oxygens (including phenoxy) is 3. The third kappa shape index (κ3) is 4.52. The summed E-state index contributed by atoms with van der Waals surface area (Å²) in [6.07, 6.45) is 2.39. The monoisotopic (exact) mass is 369 g/mol. The Hall–Kier alpha value is -2.73. The van der Waals surface area contributed by atoms with E-state index in [1.54, 1.807) is 7.11 Å². The number of rotatable bonds is 8. The molecule has 2 aromatic rings. The summed E-state index contributed by atoms with van der Waals surface area (Å²) in [6.45, 7) is 2.10. The Bertz CT molecular complexity index is 802. The van der Waals surface area contributed by atoms with Gasteiger partial charge in [-0.2, -0.15) is 0 Å². The molecule has 6 nitrogen and oxygen atoms in total. The maximum atomic E-state index is 12.5. The number of nitrogens with one attached hydrogen (secondary N) is 2. The van der Waals surface area contributed by atoms with E-state index in [-0.39, 0.29) is 12.7 Å². The van der Waals surface area contributed by atoms with Crippen LogP contribution in [0.4, 0.5) is 0 Å². The number of amides is 1. The van der Waals surface area contributed by atoms with Gasteiger partial charge in [0.2, 0.25) is 6.79 Å². The molecule has 1 unspecified atom stereocenters. The van der Waals surface area contributed by atoms with E-state index >= 15 is 0 Å². The van der Waals surface area contributed by atoms with Crippen molar-refractivity contribution in [3.63, 3.8) is 0 Å². The fourth-order valence-electron chi connectivity index (χ4n) is 3.37. The molecule has 1 heterocycles. The summed E-state index contributed by atoms with van der Waals surface area (Å²) >= 11 is 0. The molecule has 1 fully saturated rings. The van der Waals surface area contributed by atoms with E-state index in [9.17, 15) is 4.79 Å². The molecule has 0 saturated heterocycles. The largest absolute Gasteiger partial charge is 0.497 e. The van der Waals surface area contributed by atoms with Gasteiger partial charge in [0.15, 0.2) is 18.0 Å². The van der Waals surface area contributed by atoms with Crippen molar-refractivity contribution in [3.8, 4) is 17.2 Å². The van der Waals surface area contributed by atoms with Crippen LogP contribution in [0.3, 0.4) is 0 Å². The minimum absolute atomic E-state index is 0.0723. The predicted molar refractivity (Wildman–Crippen MR) is 100.0 cm³/mol. The second-order valence-electron chi connectivity index (χ2n) is 7.10. The van der Waals surface area contributed by atoms with Crippen molar-refractivity contribution in [2.24, 2.45) is 0 Å². The van der Waals surface area contributed by atoms with Gasteiger partial charge < -0.3 is 24.4 Å². The second-order valence-corrected chi connectivity index (χ2v) is 7.10. The maximum Gasteiger partial charge on any atom is 0.275 e. The van der Waals surface area contributed by atoms with Gasteiger partial charge in [-0.15, -0.1) is 0 Å². The molecule has 2 N–H and O–H groups in total. The highest BCUT2D eigenvalue weighted by atomic mass is 16.7. The van der Waals surface area contributed by atoms with E-state index < -0.39 is 0 Å². The van der Waals surface area contributed by atoms with E-state index in [4.69, 9.17) is 14.2 Å². The fraction of sp³-hybridized carbons (Fsp3) is 0.381. The third-order valence-corrected chi connectivity index (χ3v) is 5.06. The van der Waals surface area contributed by atoms with Crippen LogP contribution in [-0.4, -0.2) is 32.4 Å². The van der Waals surface area contributed by atoms with Gasteiger partial charge in [0.1, 0.15) is 12.3 Å². The van der Waals surface area contributed by atoms with E-state index in [0.717, 1.165) is 29.4 Å². The highest BCUT2D eigenvalue weighted by molar-refractivity contribution is 5.76. The van der Waals surface area contributed by atoms with Gasteiger partial charge in [-0.05, 0) is 42.0 Å². The molecule has 1 aliphatic carbocycles. The standard InChI is InChI=1S/C21H24N2O4/c1-25-18-7-2-15(3-8-18)12-23(17-5-6-17)13-21(24)22-11-16-4-9-19-20(10-16)27-14-26-19/h2-4,7-10,17H,5-6,11-14H2,1H3,(H,22,24)/p+1. The molecule has 1 atom stereocenters. The van der Waals surface area contributed by atoms with Crippen LogP contribution >= 0.6 is 0 Å². The Kier molecular flexibility index (Phi) is 5.16. The fourth-order valence-corrected chi connectivity index (χ4v) is 3.37. The summed E-state index contributed by atoms with van der Waals surface area (Å²) in [5.74, 6) is 2.43. The average molecular weight is 369 g/mol. The molecule has 2 aromatic carbocycles. The van der Waals surface area contributed by atoms with Crippen molar-refractivity contribution in [1.29, 1.82) is 0 Å². The van der Waals surface area contributed by atoms with Crippen LogP contribution < -0.4 is 24.4 Å². The van der Waals surface area contributed by atoms with Gasteiger partial charge in [-0.1, -0.05) is 6.07 Å². The summed E-state index contributed by atoms with van der Waals surface area (Å²) < 4.78 is 15.9. The Morgan fingerprint density at radius 1 is 1.11 bits per heavy atom. The van der Waals surface area contributed by atoms with Crippen LogP contribution in [0, 0.1) is 0 Å². The van der Waals surface area contributed by atoms with Gasteiger partial charge in [-0.3, -0.25) is 4.79 Å². The van der Waals surface area contributed by atoms with Crippen molar-refractivity contribution in [3.05, 3.63) is 53.6 Å². The lowest BCUT2D eigenvalue weighted by atomic mass is 10.2. The van der Waals surface area contributed by atoms with Crippen molar-refractivity contribution in [2.45, 2.75) is 32.0 Å². The first-order valence-corrected chi connectivity index (χ1v) is 9.34. The van der Waals surface area contributed by atoms with Gasteiger partial charge in [0, 0.05) is 24.9 Å². The number of carbonyl (C=O) groups excluding carboxylic acids is 1. The van der Waals surface area contributed by atoms with Crippen LogP contribution in [-0.2, 0) is 17.9 Å². The summed E-state index contributed by atoms with van der Waals surface area (Å²) in [5.41, 5.74) is 2.23. The van der Waals surface area contributed by atoms with E-state index in [1.807, 2.05) is 30.3 Å². The van der Waals surface area contributed by atoms with Crippen LogP contribution in [0.1, 0.15) is 24.0 Å².